The van der Waals surface area contributed by atoms with Crippen molar-refractivity contribution in [3.8, 4) is 5.75 Å². The van der Waals surface area contributed by atoms with E-state index in [0.29, 0.717) is 10.0 Å². The number of methoxy groups -OCH3 is 1. The van der Waals surface area contributed by atoms with Crippen molar-refractivity contribution in [1.29, 1.82) is 0 Å². The molecular weight excluding hydrogens is 375 g/mol. The third-order valence-corrected chi connectivity index (χ3v) is 4.32. The first-order valence-electron chi connectivity index (χ1n) is 5.82. The second-order valence-corrected chi connectivity index (χ2v) is 6.12. The van der Waals surface area contributed by atoms with Crippen LogP contribution in [0.2, 0.25) is 0 Å². The van der Waals surface area contributed by atoms with Gasteiger partial charge in [0.2, 0.25) is 0 Å². The first-order valence-corrected chi connectivity index (χ1v) is 7.53. The molecule has 1 nitrogen and oxygen atoms in total. The summed E-state index contributed by atoms with van der Waals surface area (Å²) in [5.74, 6) is 0.612. The Kier molecular flexibility index (Phi) is 4.99. The fourth-order valence-electron chi connectivity index (χ4n) is 1.84. The maximum absolute atomic E-state index is 14.0. The zero-order valence-electron chi connectivity index (χ0n) is 10.4. The highest BCUT2D eigenvalue weighted by Gasteiger charge is 2.15. The largest absolute Gasteiger partial charge is 0.497 e. The van der Waals surface area contributed by atoms with Gasteiger partial charge in [-0.2, -0.15) is 0 Å². The molecule has 2 aromatic rings. The molecule has 0 bridgehead atoms. The van der Waals surface area contributed by atoms with Gasteiger partial charge >= 0.3 is 0 Å². The third-order valence-electron chi connectivity index (χ3n) is 2.89. The van der Waals surface area contributed by atoms with Crippen LogP contribution in [-0.2, 0) is 6.42 Å². The summed E-state index contributed by atoms with van der Waals surface area (Å²) in [6, 6.07) is 13.1. The molecule has 0 amide bonds. The van der Waals surface area contributed by atoms with Crippen LogP contribution in [0.3, 0.4) is 0 Å². The van der Waals surface area contributed by atoms with Gasteiger partial charge in [0.1, 0.15) is 11.6 Å². The van der Waals surface area contributed by atoms with Gasteiger partial charge < -0.3 is 4.74 Å². The fraction of sp³-hybridized carbons (Fsp3) is 0.200. The maximum Gasteiger partial charge on any atom is 0.141 e. The Morgan fingerprint density at radius 2 is 1.84 bits per heavy atom. The Hall–Kier alpha value is -0.870. The van der Waals surface area contributed by atoms with Crippen LogP contribution >= 0.6 is 31.9 Å². The number of benzene rings is 2. The van der Waals surface area contributed by atoms with Gasteiger partial charge in [-0.3, -0.25) is 0 Å². The minimum atomic E-state index is -0.210. The molecule has 2 aromatic carbocycles. The minimum absolute atomic E-state index is 0.0570. The predicted octanol–water partition coefficient (Wildman–Crippen LogP) is 5.28. The lowest BCUT2D eigenvalue weighted by Crippen LogP contribution is -1.99. The van der Waals surface area contributed by atoms with Crippen LogP contribution in [0.25, 0.3) is 0 Å². The highest BCUT2D eigenvalue weighted by Crippen LogP contribution is 2.32. The highest BCUT2D eigenvalue weighted by atomic mass is 79.9. The van der Waals surface area contributed by atoms with Crippen LogP contribution in [0.15, 0.2) is 46.9 Å². The van der Waals surface area contributed by atoms with E-state index in [-0.39, 0.29) is 10.6 Å². The van der Waals surface area contributed by atoms with Crippen molar-refractivity contribution >= 4 is 31.9 Å². The summed E-state index contributed by atoms with van der Waals surface area (Å²) in [5, 5.41) is 0. The van der Waals surface area contributed by atoms with Crippen LogP contribution in [0, 0.1) is 5.82 Å². The van der Waals surface area contributed by atoms with Gasteiger partial charge in [0.15, 0.2) is 0 Å². The molecule has 1 atom stereocenters. The monoisotopic (exact) mass is 386 g/mol. The van der Waals surface area contributed by atoms with Gasteiger partial charge in [0.05, 0.1) is 11.6 Å². The summed E-state index contributed by atoms with van der Waals surface area (Å²) in [5.41, 5.74) is 1.78. The Balaban J connectivity index is 2.15. The molecule has 0 fully saturated rings. The molecule has 2 rings (SSSR count). The van der Waals surface area contributed by atoms with Crippen molar-refractivity contribution in [1.82, 2.24) is 0 Å². The van der Waals surface area contributed by atoms with Crippen molar-refractivity contribution in [2.24, 2.45) is 0 Å². The van der Waals surface area contributed by atoms with Crippen LogP contribution in [-0.4, -0.2) is 7.11 Å². The van der Waals surface area contributed by atoms with E-state index >= 15 is 0 Å². The molecule has 0 aliphatic heterocycles. The molecule has 0 aliphatic rings. The number of rotatable bonds is 4. The van der Waals surface area contributed by atoms with Crippen LogP contribution < -0.4 is 4.74 Å². The molecule has 100 valence electrons. The minimum Gasteiger partial charge on any atom is -0.497 e. The van der Waals surface area contributed by atoms with Gasteiger partial charge in [-0.1, -0.05) is 40.2 Å². The Bertz CT molecular complexity index is 555. The van der Waals surface area contributed by atoms with Crippen molar-refractivity contribution in [2.75, 3.05) is 7.11 Å². The van der Waals surface area contributed by atoms with Gasteiger partial charge in [-0.15, -0.1) is 0 Å². The van der Waals surface area contributed by atoms with Crippen molar-refractivity contribution < 1.29 is 9.13 Å². The smallest absolute Gasteiger partial charge is 0.141 e. The van der Waals surface area contributed by atoms with E-state index in [0.717, 1.165) is 17.7 Å². The first kappa shape index (κ1) is 14.5. The molecule has 0 aliphatic carbocycles. The molecule has 0 spiro atoms. The Morgan fingerprint density at radius 3 is 2.47 bits per heavy atom. The normalized spacial score (nSPS) is 12.2. The van der Waals surface area contributed by atoms with E-state index < -0.39 is 0 Å². The molecule has 0 radical (unpaired) electrons. The van der Waals surface area contributed by atoms with E-state index in [1.165, 1.54) is 0 Å². The molecule has 19 heavy (non-hydrogen) atoms. The van der Waals surface area contributed by atoms with E-state index in [4.69, 9.17) is 4.74 Å². The van der Waals surface area contributed by atoms with Gasteiger partial charge in [-0.25, -0.2) is 4.39 Å². The summed E-state index contributed by atoms with van der Waals surface area (Å²) in [6.45, 7) is 0. The summed E-state index contributed by atoms with van der Waals surface area (Å²) < 4.78 is 19.6. The number of ether oxygens (including phenoxy) is 1. The van der Waals surface area contributed by atoms with Crippen LogP contribution in [0.1, 0.15) is 16.0 Å². The van der Waals surface area contributed by atoms with Gasteiger partial charge in [-0.05, 0) is 46.1 Å². The lowest BCUT2D eigenvalue weighted by atomic mass is 10.0. The SMILES string of the molecule is COc1ccc(CC(Br)c2cccc(Br)c2F)cc1. The number of halogens is 3. The maximum atomic E-state index is 14.0. The molecule has 4 heteroatoms. The van der Waals surface area contributed by atoms with E-state index in [1.54, 1.807) is 19.2 Å². The zero-order chi connectivity index (χ0) is 13.8. The zero-order valence-corrected chi connectivity index (χ0v) is 13.5. The van der Waals surface area contributed by atoms with Crippen molar-refractivity contribution in [3.05, 3.63) is 63.9 Å². The van der Waals surface area contributed by atoms with Gasteiger partial charge in [0.25, 0.3) is 0 Å². The third kappa shape index (κ3) is 3.57. The topological polar surface area (TPSA) is 9.23 Å². The average molecular weight is 388 g/mol. The Morgan fingerprint density at radius 1 is 1.16 bits per heavy atom. The summed E-state index contributed by atoms with van der Waals surface area (Å²) in [6.07, 6.45) is 0.720. The summed E-state index contributed by atoms with van der Waals surface area (Å²) >= 11 is 6.76. The lowest BCUT2D eigenvalue weighted by Gasteiger charge is -2.12. The quantitative estimate of drug-likeness (QED) is 0.649. The second kappa shape index (κ2) is 6.53. The number of alkyl halides is 1. The molecule has 0 N–H and O–H groups in total. The second-order valence-electron chi connectivity index (χ2n) is 4.16. The summed E-state index contributed by atoms with van der Waals surface area (Å²) in [7, 11) is 1.64. The summed E-state index contributed by atoms with van der Waals surface area (Å²) in [4.78, 5) is -0.0570. The molecule has 1 unspecified atom stereocenters. The molecule has 0 aromatic heterocycles. The van der Waals surface area contributed by atoms with E-state index in [1.807, 2.05) is 30.3 Å². The fourth-order valence-corrected chi connectivity index (χ4v) is 2.95. The standard InChI is InChI=1S/C15H13Br2FO/c1-19-11-7-5-10(6-8-11)9-14(17)12-3-2-4-13(16)15(12)18/h2-8,14H,9H2,1H3. The van der Waals surface area contributed by atoms with E-state index in [9.17, 15) is 4.39 Å². The average Bonchev–Trinajstić information content (AvgIpc) is 2.42. The first-order chi connectivity index (χ1) is 9.11. The van der Waals surface area contributed by atoms with Crippen LogP contribution in [0.5, 0.6) is 5.75 Å². The van der Waals surface area contributed by atoms with Crippen LogP contribution in [0.4, 0.5) is 4.39 Å². The number of hydrogen-bond acceptors (Lipinski definition) is 1. The molecule has 0 saturated carbocycles. The number of hydrogen-bond donors (Lipinski definition) is 0. The highest BCUT2D eigenvalue weighted by molar-refractivity contribution is 9.10. The van der Waals surface area contributed by atoms with E-state index in [2.05, 4.69) is 31.9 Å². The molecule has 0 saturated heterocycles. The Labute approximate surface area is 129 Å². The molecular formula is C15H13Br2FO. The molecule has 0 heterocycles. The predicted molar refractivity (Wildman–Crippen MR) is 82.5 cm³/mol. The van der Waals surface area contributed by atoms with Crippen molar-refractivity contribution in [2.45, 2.75) is 11.2 Å². The lowest BCUT2D eigenvalue weighted by molar-refractivity contribution is 0.414. The van der Waals surface area contributed by atoms with Crippen molar-refractivity contribution in [3.63, 3.8) is 0 Å². The van der Waals surface area contributed by atoms with Gasteiger partial charge in [0, 0.05) is 10.4 Å².